The lowest BCUT2D eigenvalue weighted by Gasteiger charge is -2.34. The lowest BCUT2D eigenvalue weighted by Crippen LogP contribution is -2.44. The summed E-state index contributed by atoms with van der Waals surface area (Å²) in [5, 5.41) is 9.14. The number of benzene rings is 1. The predicted octanol–water partition coefficient (Wildman–Crippen LogP) is 1.08. The van der Waals surface area contributed by atoms with Crippen molar-refractivity contribution in [2.75, 3.05) is 45.2 Å². The molecular weight excluding hydrogens is 235 g/mol. The molecule has 1 saturated heterocycles. The van der Waals surface area contributed by atoms with E-state index in [4.69, 9.17) is 9.84 Å². The molecule has 1 aromatic rings. The van der Waals surface area contributed by atoms with Crippen molar-refractivity contribution in [2.24, 2.45) is 0 Å². The van der Waals surface area contributed by atoms with Crippen LogP contribution in [0, 0.1) is 5.82 Å². The number of piperazine rings is 1. The molecule has 1 N–H and O–H groups in total. The molecule has 1 fully saturated rings. The summed E-state index contributed by atoms with van der Waals surface area (Å²) >= 11 is 0. The van der Waals surface area contributed by atoms with Crippen LogP contribution in [-0.4, -0.2) is 50.3 Å². The van der Waals surface area contributed by atoms with Crippen LogP contribution in [0.25, 0.3) is 0 Å². The number of likely N-dealkylation sites (N-methyl/N-ethyl adjacent to an activating group) is 1. The molecule has 0 aliphatic carbocycles. The number of aliphatic hydroxyl groups is 1. The molecule has 5 heteroatoms. The van der Waals surface area contributed by atoms with Crippen LogP contribution in [0.3, 0.4) is 0 Å². The molecule has 100 valence electrons. The number of methoxy groups -OCH3 is 1. The molecule has 18 heavy (non-hydrogen) atoms. The number of halogens is 1. The van der Waals surface area contributed by atoms with Crippen LogP contribution in [0.4, 0.5) is 10.1 Å². The van der Waals surface area contributed by atoms with Crippen molar-refractivity contribution in [3.8, 4) is 5.75 Å². The Balaban J connectivity index is 2.27. The minimum absolute atomic E-state index is 0.219. The second kappa shape index (κ2) is 5.54. The van der Waals surface area contributed by atoms with E-state index in [-0.39, 0.29) is 12.4 Å². The number of rotatable bonds is 3. The van der Waals surface area contributed by atoms with E-state index in [1.807, 2.05) is 4.90 Å². The van der Waals surface area contributed by atoms with Crippen molar-refractivity contribution in [2.45, 2.75) is 6.61 Å². The highest BCUT2D eigenvalue weighted by molar-refractivity contribution is 5.55. The fraction of sp³-hybridized carbons (Fsp3) is 0.538. The fourth-order valence-electron chi connectivity index (χ4n) is 2.19. The number of anilines is 1. The maximum Gasteiger partial charge on any atom is 0.147 e. The van der Waals surface area contributed by atoms with Gasteiger partial charge in [0, 0.05) is 37.8 Å². The normalized spacial score (nSPS) is 17.0. The molecule has 1 aliphatic heterocycles. The van der Waals surface area contributed by atoms with Crippen LogP contribution < -0.4 is 9.64 Å². The molecule has 0 spiro atoms. The van der Waals surface area contributed by atoms with Crippen LogP contribution in [0.1, 0.15) is 5.56 Å². The van der Waals surface area contributed by atoms with E-state index in [0.29, 0.717) is 17.0 Å². The van der Waals surface area contributed by atoms with Crippen molar-refractivity contribution < 1.29 is 14.2 Å². The first-order valence-corrected chi connectivity index (χ1v) is 6.06. The Kier molecular flexibility index (Phi) is 4.04. The van der Waals surface area contributed by atoms with Crippen molar-refractivity contribution in [3.63, 3.8) is 0 Å². The Labute approximate surface area is 107 Å². The smallest absolute Gasteiger partial charge is 0.147 e. The van der Waals surface area contributed by atoms with E-state index in [0.717, 1.165) is 26.2 Å². The number of ether oxygens (including phenoxy) is 1. The molecule has 1 heterocycles. The van der Waals surface area contributed by atoms with Gasteiger partial charge in [-0.3, -0.25) is 0 Å². The molecule has 0 atom stereocenters. The Morgan fingerprint density at radius 1 is 1.28 bits per heavy atom. The molecule has 0 radical (unpaired) electrons. The molecule has 1 aliphatic rings. The molecule has 0 bridgehead atoms. The van der Waals surface area contributed by atoms with Gasteiger partial charge in [0.25, 0.3) is 0 Å². The van der Waals surface area contributed by atoms with Gasteiger partial charge < -0.3 is 19.6 Å². The third kappa shape index (κ3) is 2.57. The quantitative estimate of drug-likeness (QED) is 0.875. The number of aliphatic hydroxyl groups excluding tert-OH is 1. The van der Waals surface area contributed by atoms with Crippen LogP contribution >= 0.6 is 0 Å². The largest absolute Gasteiger partial charge is 0.496 e. The maximum absolute atomic E-state index is 14.0. The molecule has 4 nitrogen and oxygen atoms in total. The summed E-state index contributed by atoms with van der Waals surface area (Å²) in [6.07, 6.45) is 0. The number of nitrogens with zero attached hydrogens (tertiary/aromatic N) is 2. The monoisotopic (exact) mass is 254 g/mol. The number of hydrogen-bond acceptors (Lipinski definition) is 4. The summed E-state index contributed by atoms with van der Waals surface area (Å²) in [7, 11) is 3.59. The number of hydrogen-bond donors (Lipinski definition) is 1. The first-order valence-electron chi connectivity index (χ1n) is 6.06. The Morgan fingerprint density at radius 3 is 2.50 bits per heavy atom. The van der Waals surface area contributed by atoms with Crippen molar-refractivity contribution >= 4 is 5.69 Å². The van der Waals surface area contributed by atoms with E-state index >= 15 is 0 Å². The zero-order chi connectivity index (χ0) is 13.1. The minimum atomic E-state index is -0.301. The van der Waals surface area contributed by atoms with Gasteiger partial charge in [-0.1, -0.05) is 0 Å². The van der Waals surface area contributed by atoms with Gasteiger partial charge in [-0.2, -0.15) is 0 Å². The summed E-state index contributed by atoms with van der Waals surface area (Å²) in [4.78, 5) is 4.23. The zero-order valence-electron chi connectivity index (χ0n) is 10.8. The average molecular weight is 254 g/mol. The summed E-state index contributed by atoms with van der Waals surface area (Å²) in [5.74, 6) is 0.234. The topological polar surface area (TPSA) is 35.9 Å². The molecule has 1 aromatic carbocycles. The third-order valence-electron chi connectivity index (χ3n) is 3.36. The molecule has 0 aromatic heterocycles. The van der Waals surface area contributed by atoms with Gasteiger partial charge in [0.05, 0.1) is 19.4 Å². The molecule has 0 saturated carbocycles. The van der Waals surface area contributed by atoms with Crippen molar-refractivity contribution in [1.29, 1.82) is 0 Å². The Morgan fingerprint density at radius 2 is 1.94 bits per heavy atom. The van der Waals surface area contributed by atoms with Crippen LogP contribution in [0.15, 0.2) is 12.1 Å². The van der Waals surface area contributed by atoms with E-state index in [1.165, 1.54) is 13.2 Å². The second-order valence-corrected chi connectivity index (χ2v) is 4.56. The summed E-state index contributed by atoms with van der Waals surface area (Å²) in [6.45, 7) is 3.22. The van der Waals surface area contributed by atoms with Gasteiger partial charge in [0.1, 0.15) is 11.6 Å². The minimum Gasteiger partial charge on any atom is -0.496 e. The molecule has 0 unspecified atom stereocenters. The third-order valence-corrected chi connectivity index (χ3v) is 3.36. The summed E-state index contributed by atoms with van der Waals surface area (Å²) in [5.41, 5.74) is 1.03. The van der Waals surface area contributed by atoms with Crippen molar-refractivity contribution in [1.82, 2.24) is 4.90 Å². The van der Waals surface area contributed by atoms with Crippen LogP contribution in [0.5, 0.6) is 5.75 Å². The molecule has 2 rings (SSSR count). The molecule has 0 amide bonds. The van der Waals surface area contributed by atoms with Crippen LogP contribution in [0.2, 0.25) is 0 Å². The highest BCUT2D eigenvalue weighted by Gasteiger charge is 2.19. The van der Waals surface area contributed by atoms with Gasteiger partial charge in [-0.15, -0.1) is 0 Å². The van der Waals surface area contributed by atoms with E-state index in [9.17, 15) is 4.39 Å². The SMILES string of the molecule is COc1cc(N2CCN(C)CC2)c(F)cc1CO. The first-order chi connectivity index (χ1) is 8.65. The van der Waals surface area contributed by atoms with Gasteiger partial charge in [-0.25, -0.2) is 4.39 Å². The maximum atomic E-state index is 14.0. The Bertz CT molecular complexity index is 418. The van der Waals surface area contributed by atoms with Crippen molar-refractivity contribution in [3.05, 3.63) is 23.5 Å². The molecular formula is C13H19FN2O2. The second-order valence-electron chi connectivity index (χ2n) is 4.56. The van der Waals surface area contributed by atoms with Crippen LogP contribution in [-0.2, 0) is 6.61 Å². The van der Waals surface area contributed by atoms with Gasteiger partial charge in [-0.05, 0) is 13.1 Å². The highest BCUT2D eigenvalue weighted by Crippen LogP contribution is 2.29. The fourth-order valence-corrected chi connectivity index (χ4v) is 2.19. The van der Waals surface area contributed by atoms with Gasteiger partial charge in [0.2, 0.25) is 0 Å². The zero-order valence-corrected chi connectivity index (χ0v) is 10.8. The van der Waals surface area contributed by atoms with E-state index in [1.54, 1.807) is 6.07 Å². The van der Waals surface area contributed by atoms with Gasteiger partial charge in [0.15, 0.2) is 0 Å². The Hall–Kier alpha value is -1.33. The van der Waals surface area contributed by atoms with Gasteiger partial charge >= 0.3 is 0 Å². The summed E-state index contributed by atoms with van der Waals surface area (Å²) in [6, 6.07) is 3.03. The highest BCUT2D eigenvalue weighted by atomic mass is 19.1. The van der Waals surface area contributed by atoms with E-state index < -0.39 is 0 Å². The lowest BCUT2D eigenvalue weighted by molar-refractivity contribution is 0.273. The summed E-state index contributed by atoms with van der Waals surface area (Å²) < 4.78 is 19.2. The lowest BCUT2D eigenvalue weighted by atomic mass is 10.1. The predicted molar refractivity (Wildman–Crippen MR) is 68.6 cm³/mol. The van der Waals surface area contributed by atoms with E-state index in [2.05, 4.69) is 11.9 Å². The standard InChI is InChI=1S/C13H19FN2O2/c1-15-3-5-16(6-4-15)12-8-13(18-2)10(9-17)7-11(12)14/h7-8,17H,3-6,9H2,1-2H3. The first kappa shape index (κ1) is 13.1. The average Bonchev–Trinajstić information content (AvgIpc) is 2.39.